The van der Waals surface area contributed by atoms with Crippen molar-refractivity contribution in [2.75, 3.05) is 13.1 Å². The Balaban J connectivity index is 4.19. The average molecular weight is 649 g/mol. The molecule has 0 fully saturated rings. The van der Waals surface area contributed by atoms with Crippen molar-refractivity contribution in [2.45, 2.75) is 219 Å². The number of carbonyl (C=O) groups is 2. The summed E-state index contributed by atoms with van der Waals surface area (Å²) < 4.78 is 0. The topological polar surface area (TPSA) is 115 Å². The number of nitrogens with zero attached hydrogens (tertiary/aromatic N) is 1. The smallest absolute Gasteiger partial charge is 0.247 e. The first kappa shape index (κ1) is 44.8. The molecule has 1 atom stereocenters. The fourth-order valence-electron chi connectivity index (χ4n) is 6.18. The molecule has 0 aromatic heterocycles. The van der Waals surface area contributed by atoms with Gasteiger partial charge in [-0.05, 0) is 44.9 Å². The van der Waals surface area contributed by atoms with E-state index in [-0.39, 0.29) is 18.1 Å². The van der Waals surface area contributed by atoms with E-state index in [1.807, 2.05) is 4.90 Å². The largest absolute Gasteiger partial charge is 0.341 e. The fourth-order valence-corrected chi connectivity index (χ4v) is 6.18. The number of ketones is 1. The van der Waals surface area contributed by atoms with Crippen LogP contribution in [0.3, 0.4) is 0 Å². The SMILES string of the molecule is CCCCCCCCC=CCCCCCCCCN(CCCCCCCCCCCCCCCC)C(=O)[C@@H](N)C(=O)CCC(N)N. The Morgan fingerprint density at radius 1 is 0.500 bits per heavy atom. The Morgan fingerprint density at radius 3 is 1.17 bits per heavy atom. The Morgan fingerprint density at radius 2 is 0.826 bits per heavy atom. The molecule has 0 unspecified atom stereocenters. The zero-order chi connectivity index (χ0) is 33.9. The van der Waals surface area contributed by atoms with Gasteiger partial charge in [-0.15, -0.1) is 0 Å². The normalized spacial score (nSPS) is 12.4. The van der Waals surface area contributed by atoms with Gasteiger partial charge >= 0.3 is 0 Å². The van der Waals surface area contributed by atoms with Gasteiger partial charge in [0.25, 0.3) is 0 Å². The van der Waals surface area contributed by atoms with E-state index in [1.165, 1.54) is 154 Å². The molecule has 0 aliphatic rings. The molecule has 0 rings (SSSR count). The van der Waals surface area contributed by atoms with E-state index in [2.05, 4.69) is 26.0 Å². The lowest BCUT2D eigenvalue weighted by Crippen LogP contribution is -2.49. The van der Waals surface area contributed by atoms with E-state index in [1.54, 1.807) is 0 Å². The van der Waals surface area contributed by atoms with E-state index < -0.39 is 12.2 Å². The van der Waals surface area contributed by atoms with Gasteiger partial charge in [-0.1, -0.05) is 167 Å². The number of hydrogen-bond donors (Lipinski definition) is 3. The zero-order valence-electron chi connectivity index (χ0n) is 30.9. The highest BCUT2D eigenvalue weighted by atomic mass is 16.2. The summed E-state index contributed by atoms with van der Waals surface area (Å²) >= 11 is 0. The molecule has 0 aromatic carbocycles. The maximum atomic E-state index is 13.2. The van der Waals surface area contributed by atoms with Crippen LogP contribution in [0.5, 0.6) is 0 Å². The lowest BCUT2D eigenvalue weighted by molar-refractivity contribution is -0.137. The molecule has 0 aromatic rings. The second-order valence-corrected chi connectivity index (χ2v) is 14.0. The lowest BCUT2D eigenvalue weighted by atomic mass is 10.0. The van der Waals surface area contributed by atoms with Crippen molar-refractivity contribution in [2.24, 2.45) is 17.2 Å². The van der Waals surface area contributed by atoms with Gasteiger partial charge in [0, 0.05) is 19.5 Å². The number of allylic oxidation sites excluding steroid dienone is 2. The van der Waals surface area contributed by atoms with Crippen LogP contribution in [0.25, 0.3) is 0 Å². The van der Waals surface area contributed by atoms with Crippen LogP contribution >= 0.6 is 0 Å². The van der Waals surface area contributed by atoms with E-state index >= 15 is 0 Å². The zero-order valence-corrected chi connectivity index (χ0v) is 30.9. The summed E-state index contributed by atoms with van der Waals surface area (Å²) in [6.45, 7) is 5.93. The van der Waals surface area contributed by atoms with E-state index in [0.717, 1.165) is 25.7 Å². The third-order valence-corrected chi connectivity index (χ3v) is 9.37. The second kappa shape index (κ2) is 35.1. The van der Waals surface area contributed by atoms with Gasteiger partial charge in [0.05, 0.1) is 6.17 Å². The van der Waals surface area contributed by atoms with Gasteiger partial charge < -0.3 is 22.1 Å². The van der Waals surface area contributed by atoms with Crippen LogP contribution in [0.1, 0.15) is 206 Å². The first-order chi connectivity index (χ1) is 22.4. The molecule has 0 bridgehead atoms. The van der Waals surface area contributed by atoms with Crippen molar-refractivity contribution in [3.05, 3.63) is 12.2 Å². The highest BCUT2D eigenvalue weighted by molar-refractivity contribution is 6.05. The van der Waals surface area contributed by atoms with Crippen molar-refractivity contribution >= 4 is 11.7 Å². The Hall–Kier alpha value is -1.24. The first-order valence-corrected chi connectivity index (χ1v) is 20.2. The van der Waals surface area contributed by atoms with Crippen molar-refractivity contribution in [3.63, 3.8) is 0 Å². The van der Waals surface area contributed by atoms with Crippen LogP contribution in [0.4, 0.5) is 0 Å². The second-order valence-electron chi connectivity index (χ2n) is 14.0. The van der Waals surface area contributed by atoms with Crippen LogP contribution in [0.2, 0.25) is 0 Å². The molecule has 0 saturated heterocycles. The molecule has 6 nitrogen and oxygen atoms in total. The molecule has 46 heavy (non-hydrogen) atoms. The van der Waals surface area contributed by atoms with Crippen LogP contribution in [0.15, 0.2) is 12.2 Å². The molecule has 0 spiro atoms. The fraction of sp³-hybridized carbons (Fsp3) is 0.900. The van der Waals surface area contributed by atoms with Crippen molar-refractivity contribution < 1.29 is 9.59 Å². The van der Waals surface area contributed by atoms with Crippen LogP contribution in [-0.4, -0.2) is 41.9 Å². The summed E-state index contributed by atoms with van der Waals surface area (Å²) in [6, 6.07) is -1.10. The molecule has 0 heterocycles. The van der Waals surface area contributed by atoms with Crippen LogP contribution in [0, 0.1) is 0 Å². The summed E-state index contributed by atoms with van der Waals surface area (Å²) in [7, 11) is 0. The molecular weight excluding hydrogens is 568 g/mol. The molecule has 0 aliphatic heterocycles. The van der Waals surface area contributed by atoms with Gasteiger partial charge in [0.2, 0.25) is 5.91 Å². The minimum atomic E-state index is -1.10. The molecule has 6 N–H and O–H groups in total. The average Bonchev–Trinajstić information content (AvgIpc) is 3.05. The van der Waals surface area contributed by atoms with Gasteiger partial charge in [-0.3, -0.25) is 9.59 Å². The first-order valence-electron chi connectivity index (χ1n) is 20.2. The lowest BCUT2D eigenvalue weighted by Gasteiger charge is -2.25. The quantitative estimate of drug-likeness (QED) is 0.0271. The third-order valence-electron chi connectivity index (χ3n) is 9.37. The maximum Gasteiger partial charge on any atom is 0.247 e. The van der Waals surface area contributed by atoms with E-state index in [4.69, 9.17) is 17.2 Å². The highest BCUT2D eigenvalue weighted by Gasteiger charge is 2.26. The number of nitrogens with two attached hydrogens (primary N) is 3. The summed E-state index contributed by atoms with van der Waals surface area (Å²) in [5.41, 5.74) is 17.3. The van der Waals surface area contributed by atoms with Gasteiger partial charge in [0.15, 0.2) is 5.78 Å². The molecule has 6 heteroatoms. The van der Waals surface area contributed by atoms with Gasteiger partial charge in [-0.2, -0.15) is 0 Å². The monoisotopic (exact) mass is 649 g/mol. The number of unbranched alkanes of at least 4 members (excludes halogenated alkanes) is 25. The van der Waals surface area contributed by atoms with Gasteiger partial charge in [-0.25, -0.2) is 0 Å². The minimum absolute atomic E-state index is 0.158. The number of rotatable bonds is 36. The number of Topliss-reactive ketones (excluding diaryl/α,β-unsaturated/α-hetero) is 1. The van der Waals surface area contributed by atoms with Gasteiger partial charge in [0.1, 0.15) is 6.04 Å². The Labute approximate surface area is 286 Å². The highest BCUT2D eigenvalue weighted by Crippen LogP contribution is 2.15. The predicted molar refractivity (Wildman–Crippen MR) is 201 cm³/mol. The standard InChI is InChI=1S/C40H80N4O2/c1-3-5-7-9-11-13-15-17-19-20-22-24-26-28-30-32-36-44(40(46)39(43)37(45)33-34-38(41)42)35-31-29-27-25-23-21-18-16-14-12-10-8-6-4-2/h17,19,38-39H,3-16,18,20-36,41-43H2,1-2H3/t39-/m0/s1. The molecular formula is C40H80N4O2. The predicted octanol–water partition coefficient (Wildman–Crippen LogP) is 10.3. The molecule has 1 amide bonds. The Bertz CT molecular complexity index is 697. The summed E-state index contributed by atoms with van der Waals surface area (Å²) in [6.07, 6.45) is 40.7. The molecule has 0 radical (unpaired) electrons. The number of amides is 1. The molecule has 0 saturated carbocycles. The molecule has 272 valence electrons. The van der Waals surface area contributed by atoms with E-state index in [0.29, 0.717) is 19.5 Å². The Kier molecular flexibility index (Phi) is 34.1. The van der Waals surface area contributed by atoms with Crippen molar-refractivity contribution in [1.29, 1.82) is 0 Å². The van der Waals surface area contributed by atoms with E-state index in [9.17, 15) is 9.59 Å². The summed E-state index contributed by atoms with van der Waals surface area (Å²) in [4.78, 5) is 27.6. The molecule has 0 aliphatic carbocycles. The summed E-state index contributed by atoms with van der Waals surface area (Å²) in [5, 5.41) is 0. The van der Waals surface area contributed by atoms with Crippen molar-refractivity contribution in [1.82, 2.24) is 4.90 Å². The minimum Gasteiger partial charge on any atom is -0.341 e. The van der Waals surface area contributed by atoms with Crippen LogP contribution in [-0.2, 0) is 9.59 Å². The number of carbonyl (C=O) groups excluding carboxylic acids is 2. The summed E-state index contributed by atoms with van der Waals surface area (Å²) in [5.74, 6) is -0.476. The van der Waals surface area contributed by atoms with Crippen LogP contribution < -0.4 is 17.2 Å². The third kappa shape index (κ3) is 30.1. The number of hydrogen-bond acceptors (Lipinski definition) is 5. The maximum absolute atomic E-state index is 13.2. The van der Waals surface area contributed by atoms with Crippen molar-refractivity contribution in [3.8, 4) is 0 Å².